The van der Waals surface area contributed by atoms with Gasteiger partial charge in [-0.3, -0.25) is 4.79 Å². The lowest BCUT2D eigenvalue weighted by atomic mass is 10.1. The van der Waals surface area contributed by atoms with Crippen LogP contribution < -0.4 is 4.74 Å². The molecule has 0 spiro atoms. The molecule has 0 radical (unpaired) electrons. The lowest BCUT2D eigenvalue weighted by Gasteiger charge is -2.30. The van der Waals surface area contributed by atoms with Crippen molar-refractivity contribution < 1.29 is 28.2 Å². The third-order valence-corrected chi connectivity index (χ3v) is 5.20. The summed E-state index contributed by atoms with van der Waals surface area (Å²) in [5.41, 5.74) is 1.80. The first kappa shape index (κ1) is 20.0. The van der Waals surface area contributed by atoms with E-state index in [-0.39, 0.29) is 11.7 Å². The van der Waals surface area contributed by atoms with Crippen molar-refractivity contribution >= 4 is 22.8 Å². The monoisotopic (exact) mass is 409 g/mol. The van der Waals surface area contributed by atoms with Gasteiger partial charge in [-0.15, -0.1) is 0 Å². The second-order valence-electron chi connectivity index (χ2n) is 7.05. The van der Waals surface area contributed by atoms with Gasteiger partial charge in [0.2, 0.25) is 11.9 Å². The first-order chi connectivity index (χ1) is 14.6. The van der Waals surface area contributed by atoms with Gasteiger partial charge in [0, 0.05) is 29.6 Å². The van der Waals surface area contributed by atoms with Crippen molar-refractivity contribution in [1.29, 1.82) is 0 Å². The van der Waals surface area contributed by atoms with Crippen molar-refractivity contribution in [1.82, 2.24) is 4.90 Å². The van der Waals surface area contributed by atoms with Crippen LogP contribution in [0.4, 0.5) is 0 Å². The van der Waals surface area contributed by atoms with Crippen LogP contribution in [0, 0.1) is 6.92 Å². The molecule has 2 heterocycles. The zero-order chi connectivity index (χ0) is 21.1. The Morgan fingerprint density at radius 2 is 1.80 bits per heavy atom. The van der Waals surface area contributed by atoms with E-state index >= 15 is 0 Å². The second kappa shape index (κ2) is 8.59. The number of rotatable bonds is 5. The number of carbonyl (C=O) groups is 2. The number of furan rings is 1. The average Bonchev–Trinajstić information content (AvgIpc) is 3.14. The van der Waals surface area contributed by atoms with Gasteiger partial charge in [-0.2, -0.15) is 0 Å². The molecule has 0 saturated carbocycles. The van der Waals surface area contributed by atoms with Gasteiger partial charge in [0.15, 0.2) is 0 Å². The van der Waals surface area contributed by atoms with E-state index < -0.39 is 12.1 Å². The Kier molecular flexibility index (Phi) is 5.72. The van der Waals surface area contributed by atoms with E-state index in [1.165, 1.54) is 0 Å². The van der Waals surface area contributed by atoms with E-state index in [1.54, 1.807) is 49.3 Å². The quantitative estimate of drug-likeness (QED) is 0.600. The summed E-state index contributed by atoms with van der Waals surface area (Å²) in [5.74, 6) is -0.212. The van der Waals surface area contributed by atoms with Crippen LogP contribution in [-0.2, 0) is 14.3 Å². The molecule has 0 N–H and O–H groups in total. The van der Waals surface area contributed by atoms with Crippen LogP contribution in [-0.4, -0.2) is 50.2 Å². The molecule has 1 atom stereocenters. The number of fused-ring (bicyclic) bond motifs is 1. The SMILES string of the molecule is COc1ccc2oc(C(=O)OC(C(=O)N3CCOCC3)c3ccccc3)c(C)c2c1. The Morgan fingerprint density at radius 3 is 2.50 bits per heavy atom. The van der Waals surface area contributed by atoms with Crippen LogP contribution in [0.3, 0.4) is 0 Å². The Bertz CT molecular complexity index is 1050. The van der Waals surface area contributed by atoms with Crippen LogP contribution in [0.5, 0.6) is 5.75 Å². The van der Waals surface area contributed by atoms with E-state index in [0.717, 1.165) is 5.39 Å². The average molecular weight is 409 g/mol. The summed E-state index contributed by atoms with van der Waals surface area (Å²) in [6.45, 7) is 3.63. The van der Waals surface area contributed by atoms with Gasteiger partial charge in [0.1, 0.15) is 11.3 Å². The Labute approximate surface area is 174 Å². The van der Waals surface area contributed by atoms with Crippen LogP contribution in [0.25, 0.3) is 11.0 Å². The van der Waals surface area contributed by atoms with Crippen LogP contribution in [0.15, 0.2) is 52.9 Å². The standard InChI is InChI=1S/C23H23NO6/c1-15-18-14-17(27-2)8-9-19(18)29-20(15)23(26)30-21(16-6-4-3-5-7-16)22(25)24-10-12-28-13-11-24/h3-9,14,21H,10-13H2,1-2H3. The second-order valence-corrected chi connectivity index (χ2v) is 7.05. The zero-order valence-electron chi connectivity index (χ0n) is 16.9. The van der Waals surface area contributed by atoms with Crippen molar-refractivity contribution in [3.63, 3.8) is 0 Å². The number of esters is 1. The summed E-state index contributed by atoms with van der Waals surface area (Å²) in [5, 5.41) is 0.761. The molecule has 0 bridgehead atoms. The highest BCUT2D eigenvalue weighted by Gasteiger charge is 2.32. The number of hydrogen-bond donors (Lipinski definition) is 0. The number of morpholine rings is 1. The molecule has 0 aliphatic carbocycles. The maximum absolute atomic E-state index is 13.2. The lowest BCUT2D eigenvalue weighted by molar-refractivity contribution is -0.145. The highest BCUT2D eigenvalue weighted by atomic mass is 16.6. The fourth-order valence-corrected chi connectivity index (χ4v) is 3.52. The first-order valence-electron chi connectivity index (χ1n) is 9.78. The van der Waals surface area contributed by atoms with Gasteiger partial charge in [-0.25, -0.2) is 4.79 Å². The van der Waals surface area contributed by atoms with Crippen molar-refractivity contribution in [3.05, 3.63) is 65.4 Å². The summed E-state index contributed by atoms with van der Waals surface area (Å²) >= 11 is 0. The number of methoxy groups -OCH3 is 1. The summed E-state index contributed by atoms with van der Waals surface area (Å²) in [4.78, 5) is 27.8. The minimum atomic E-state index is -1.06. The molecule has 4 rings (SSSR count). The third-order valence-electron chi connectivity index (χ3n) is 5.20. The zero-order valence-corrected chi connectivity index (χ0v) is 16.9. The van der Waals surface area contributed by atoms with Gasteiger partial charge in [-0.05, 0) is 25.1 Å². The molecular formula is C23H23NO6. The molecule has 1 fully saturated rings. The lowest BCUT2D eigenvalue weighted by Crippen LogP contribution is -2.44. The van der Waals surface area contributed by atoms with Crippen LogP contribution in [0.1, 0.15) is 27.8 Å². The minimum absolute atomic E-state index is 0.0777. The summed E-state index contributed by atoms with van der Waals surface area (Å²) in [6.07, 6.45) is -1.06. The Morgan fingerprint density at radius 1 is 1.07 bits per heavy atom. The summed E-state index contributed by atoms with van der Waals surface area (Å²) < 4.78 is 22.0. The molecule has 30 heavy (non-hydrogen) atoms. The highest BCUT2D eigenvalue weighted by Crippen LogP contribution is 2.31. The van der Waals surface area contributed by atoms with Crippen LogP contribution in [0.2, 0.25) is 0 Å². The van der Waals surface area contributed by atoms with E-state index in [0.29, 0.717) is 48.8 Å². The molecule has 1 aliphatic rings. The van der Waals surface area contributed by atoms with E-state index in [9.17, 15) is 9.59 Å². The number of amides is 1. The Balaban J connectivity index is 1.64. The number of nitrogens with zero attached hydrogens (tertiary/aromatic N) is 1. The number of carbonyl (C=O) groups excluding carboxylic acids is 2. The van der Waals surface area contributed by atoms with Crippen molar-refractivity contribution in [2.24, 2.45) is 0 Å². The molecule has 1 amide bonds. The summed E-state index contributed by atoms with van der Waals surface area (Å²) in [7, 11) is 1.58. The van der Waals surface area contributed by atoms with Gasteiger partial charge >= 0.3 is 5.97 Å². The van der Waals surface area contributed by atoms with Crippen molar-refractivity contribution in [2.75, 3.05) is 33.4 Å². The van der Waals surface area contributed by atoms with Crippen LogP contribution >= 0.6 is 0 Å². The van der Waals surface area contributed by atoms with Gasteiger partial charge in [0.25, 0.3) is 5.91 Å². The molecular weight excluding hydrogens is 386 g/mol. The molecule has 1 unspecified atom stereocenters. The van der Waals surface area contributed by atoms with Gasteiger partial charge < -0.3 is 23.5 Å². The molecule has 1 aromatic heterocycles. The molecule has 2 aromatic carbocycles. The smallest absolute Gasteiger partial charge is 0.375 e. The first-order valence-corrected chi connectivity index (χ1v) is 9.78. The Hall–Kier alpha value is -3.32. The predicted octanol–water partition coefficient (Wildman–Crippen LogP) is 3.51. The topological polar surface area (TPSA) is 78.2 Å². The van der Waals surface area contributed by atoms with Crippen molar-refractivity contribution in [2.45, 2.75) is 13.0 Å². The van der Waals surface area contributed by atoms with Gasteiger partial charge in [0.05, 0.1) is 20.3 Å². The molecule has 1 saturated heterocycles. The molecule has 156 valence electrons. The molecule has 7 heteroatoms. The number of ether oxygens (including phenoxy) is 3. The highest BCUT2D eigenvalue weighted by molar-refractivity contribution is 5.97. The number of aryl methyl sites for hydroxylation is 1. The fourth-order valence-electron chi connectivity index (χ4n) is 3.52. The molecule has 7 nitrogen and oxygen atoms in total. The maximum Gasteiger partial charge on any atom is 0.375 e. The van der Waals surface area contributed by atoms with Gasteiger partial charge in [-0.1, -0.05) is 30.3 Å². The largest absolute Gasteiger partial charge is 0.497 e. The summed E-state index contributed by atoms with van der Waals surface area (Å²) in [6, 6.07) is 14.3. The van der Waals surface area contributed by atoms with E-state index in [1.807, 2.05) is 18.2 Å². The predicted molar refractivity (Wildman–Crippen MR) is 110 cm³/mol. The third kappa shape index (κ3) is 3.89. The minimum Gasteiger partial charge on any atom is -0.497 e. The number of hydrogen-bond acceptors (Lipinski definition) is 6. The maximum atomic E-state index is 13.2. The van der Waals surface area contributed by atoms with Crippen molar-refractivity contribution in [3.8, 4) is 5.75 Å². The van der Waals surface area contributed by atoms with E-state index in [2.05, 4.69) is 0 Å². The molecule has 1 aliphatic heterocycles. The normalized spacial score (nSPS) is 15.1. The molecule has 3 aromatic rings. The fraction of sp³-hybridized carbons (Fsp3) is 0.304. The van der Waals surface area contributed by atoms with E-state index in [4.69, 9.17) is 18.6 Å². The number of benzene rings is 2.